The van der Waals surface area contributed by atoms with E-state index >= 15 is 0 Å². The molecule has 8 nitrogen and oxygen atoms in total. The summed E-state index contributed by atoms with van der Waals surface area (Å²) in [4.78, 5) is 31.6. The molecule has 2 aliphatic heterocycles. The lowest BCUT2D eigenvalue weighted by Crippen LogP contribution is -2.43. The highest BCUT2D eigenvalue weighted by molar-refractivity contribution is 7.14. The Labute approximate surface area is 201 Å². The normalized spacial score (nSPS) is 15.6. The molecule has 1 aromatic heterocycles. The fourth-order valence-electron chi connectivity index (χ4n) is 4.02. The number of ether oxygens (including phenoxy) is 3. The summed E-state index contributed by atoms with van der Waals surface area (Å²) >= 11 is 1.39. The minimum atomic E-state index is -0.152. The number of hydrogen-bond donors (Lipinski definition) is 1. The third kappa shape index (κ3) is 5.14. The van der Waals surface area contributed by atoms with Gasteiger partial charge in [0.25, 0.3) is 5.91 Å². The Kier molecular flexibility index (Phi) is 6.62. The molecule has 0 saturated carbocycles. The van der Waals surface area contributed by atoms with E-state index in [0.717, 1.165) is 17.0 Å². The fraction of sp³-hybridized carbons (Fsp3) is 0.320. The number of carbonyl (C=O) groups excluding carboxylic acids is 2. The fourth-order valence-corrected chi connectivity index (χ4v) is 4.74. The molecule has 0 spiro atoms. The molecule has 0 atom stereocenters. The van der Waals surface area contributed by atoms with E-state index in [9.17, 15) is 9.59 Å². The lowest BCUT2D eigenvalue weighted by molar-refractivity contribution is -0.136. The van der Waals surface area contributed by atoms with Crippen molar-refractivity contribution >= 4 is 28.3 Å². The van der Waals surface area contributed by atoms with Crippen LogP contribution in [0.1, 0.15) is 12.8 Å². The van der Waals surface area contributed by atoms with Crippen LogP contribution >= 0.6 is 11.3 Å². The molecule has 2 aromatic carbocycles. The molecule has 0 aliphatic carbocycles. The second kappa shape index (κ2) is 10.1. The topological polar surface area (TPSA) is 90.0 Å². The first-order valence-corrected chi connectivity index (χ1v) is 12.2. The molecule has 0 unspecified atom stereocenters. The van der Waals surface area contributed by atoms with E-state index in [1.54, 1.807) is 4.90 Å². The summed E-state index contributed by atoms with van der Waals surface area (Å²) in [5, 5.41) is 5.41. The van der Waals surface area contributed by atoms with Crippen molar-refractivity contribution in [3.63, 3.8) is 0 Å². The van der Waals surface area contributed by atoms with Gasteiger partial charge in [-0.15, -0.1) is 11.3 Å². The van der Waals surface area contributed by atoms with Crippen LogP contribution in [0.25, 0.3) is 11.3 Å². The van der Waals surface area contributed by atoms with Gasteiger partial charge in [0.2, 0.25) is 5.91 Å². The summed E-state index contributed by atoms with van der Waals surface area (Å²) in [5.41, 5.74) is 1.68. The lowest BCUT2D eigenvalue weighted by Gasteiger charge is -2.31. The van der Waals surface area contributed by atoms with Gasteiger partial charge in [0.05, 0.1) is 5.69 Å². The number of nitrogens with zero attached hydrogens (tertiary/aromatic N) is 2. The largest absolute Gasteiger partial charge is 0.486 e. The number of benzene rings is 2. The summed E-state index contributed by atoms with van der Waals surface area (Å²) in [7, 11) is 0. The van der Waals surface area contributed by atoms with Crippen molar-refractivity contribution in [1.29, 1.82) is 0 Å². The first kappa shape index (κ1) is 22.2. The Balaban J connectivity index is 1.11. The number of aromatic nitrogens is 1. The number of anilines is 1. The van der Waals surface area contributed by atoms with Crippen molar-refractivity contribution in [2.75, 3.05) is 38.2 Å². The van der Waals surface area contributed by atoms with Gasteiger partial charge < -0.3 is 24.4 Å². The van der Waals surface area contributed by atoms with Gasteiger partial charge in [0.1, 0.15) is 19.0 Å². The Bertz CT molecular complexity index is 1160. The average Bonchev–Trinajstić information content (AvgIpc) is 3.36. The molecule has 3 heterocycles. The van der Waals surface area contributed by atoms with Crippen LogP contribution in [0, 0.1) is 5.92 Å². The van der Waals surface area contributed by atoms with E-state index in [-0.39, 0.29) is 24.3 Å². The first-order chi connectivity index (χ1) is 16.7. The van der Waals surface area contributed by atoms with Gasteiger partial charge in [-0.2, -0.15) is 0 Å². The predicted octanol–water partition coefficient (Wildman–Crippen LogP) is 3.84. The lowest BCUT2D eigenvalue weighted by atomic mass is 9.96. The average molecular weight is 480 g/mol. The standard InChI is InChI=1S/C25H25N3O5S/c29-23(15-33-19-4-2-1-3-5-19)28-10-8-17(9-11-28)24(30)27-25-26-20(16-34-25)18-6-7-21-22(14-18)32-13-12-31-21/h1-7,14,16-17H,8-13,15H2,(H,26,27,30). The summed E-state index contributed by atoms with van der Waals surface area (Å²) in [6.45, 7) is 2.15. The second-order valence-corrected chi connectivity index (χ2v) is 9.00. The number of amides is 2. The SMILES string of the molecule is O=C(Nc1nc(-c2ccc3c(c2)OCCO3)cs1)C1CCN(C(=O)COc2ccccc2)CC1. The van der Waals surface area contributed by atoms with E-state index in [2.05, 4.69) is 10.3 Å². The Morgan fingerprint density at radius 3 is 2.62 bits per heavy atom. The molecule has 1 N–H and O–H groups in total. The summed E-state index contributed by atoms with van der Waals surface area (Å²) in [6, 6.07) is 15.0. The first-order valence-electron chi connectivity index (χ1n) is 11.3. The number of thiazole rings is 1. The van der Waals surface area contributed by atoms with E-state index in [1.807, 2.05) is 53.9 Å². The number of para-hydroxylation sites is 1. The van der Waals surface area contributed by atoms with Gasteiger partial charge in [-0.05, 0) is 43.2 Å². The van der Waals surface area contributed by atoms with Crippen LogP contribution in [0.5, 0.6) is 17.2 Å². The molecular formula is C25H25N3O5S. The van der Waals surface area contributed by atoms with E-state index in [0.29, 0.717) is 55.8 Å². The van der Waals surface area contributed by atoms with Crippen LogP contribution in [-0.2, 0) is 9.59 Å². The van der Waals surface area contributed by atoms with E-state index in [1.165, 1.54) is 11.3 Å². The maximum atomic E-state index is 12.8. The van der Waals surface area contributed by atoms with Gasteiger partial charge >= 0.3 is 0 Å². The zero-order valence-corrected chi connectivity index (χ0v) is 19.4. The third-order valence-corrected chi connectivity index (χ3v) is 6.65. The summed E-state index contributed by atoms with van der Waals surface area (Å²) < 4.78 is 16.8. The number of nitrogens with one attached hydrogen (secondary N) is 1. The molecule has 5 rings (SSSR count). The predicted molar refractivity (Wildman–Crippen MR) is 128 cm³/mol. The molecule has 2 aliphatic rings. The van der Waals surface area contributed by atoms with Crippen molar-refractivity contribution in [3.05, 3.63) is 53.9 Å². The zero-order chi connectivity index (χ0) is 23.3. The molecule has 0 radical (unpaired) electrons. The van der Waals surface area contributed by atoms with Crippen LogP contribution in [0.4, 0.5) is 5.13 Å². The number of carbonyl (C=O) groups is 2. The number of hydrogen-bond acceptors (Lipinski definition) is 7. The van der Waals surface area contributed by atoms with Crippen LogP contribution < -0.4 is 19.5 Å². The maximum absolute atomic E-state index is 12.8. The quantitative estimate of drug-likeness (QED) is 0.578. The minimum Gasteiger partial charge on any atom is -0.486 e. The molecule has 1 saturated heterocycles. The van der Waals surface area contributed by atoms with Crippen molar-refractivity contribution in [2.24, 2.45) is 5.92 Å². The highest BCUT2D eigenvalue weighted by Gasteiger charge is 2.28. The van der Waals surface area contributed by atoms with Gasteiger partial charge in [-0.3, -0.25) is 9.59 Å². The molecular weight excluding hydrogens is 454 g/mol. The number of fused-ring (bicyclic) bond motifs is 1. The Morgan fingerprint density at radius 1 is 1.06 bits per heavy atom. The summed E-state index contributed by atoms with van der Waals surface area (Å²) in [6.07, 6.45) is 1.23. The van der Waals surface area contributed by atoms with Crippen LogP contribution in [0.15, 0.2) is 53.9 Å². The Hall–Kier alpha value is -3.59. The Morgan fingerprint density at radius 2 is 1.82 bits per heavy atom. The van der Waals surface area contributed by atoms with E-state index in [4.69, 9.17) is 14.2 Å². The molecule has 34 heavy (non-hydrogen) atoms. The number of piperidine rings is 1. The number of rotatable bonds is 6. The molecule has 1 fully saturated rings. The molecule has 0 bridgehead atoms. The smallest absolute Gasteiger partial charge is 0.260 e. The molecule has 176 valence electrons. The van der Waals surface area contributed by atoms with Gasteiger partial charge in [-0.1, -0.05) is 18.2 Å². The third-order valence-electron chi connectivity index (χ3n) is 5.90. The second-order valence-electron chi connectivity index (χ2n) is 8.14. The monoisotopic (exact) mass is 479 g/mol. The maximum Gasteiger partial charge on any atom is 0.260 e. The molecule has 9 heteroatoms. The van der Waals surface area contributed by atoms with Crippen LogP contribution in [0.3, 0.4) is 0 Å². The molecule has 2 amide bonds. The minimum absolute atomic E-state index is 0.00261. The van der Waals surface area contributed by atoms with Gasteiger partial charge in [0.15, 0.2) is 23.2 Å². The zero-order valence-electron chi connectivity index (χ0n) is 18.6. The summed E-state index contributed by atoms with van der Waals surface area (Å²) in [5.74, 6) is 1.83. The van der Waals surface area contributed by atoms with Gasteiger partial charge in [-0.25, -0.2) is 4.98 Å². The van der Waals surface area contributed by atoms with Crippen LogP contribution in [-0.4, -0.2) is 54.6 Å². The van der Waals surface area contributed by atoms with Crippen molar-refractivity contribution in [2.45, 2.75) is 12.8 Å². The van der Waals surface area contributed by atoms with Gasteiger partial charge in [0, 0.05) is 30.0 Å². The number of likely N-dealkylation sites (tertiary alicyclic amines) is 1. The van der Waals surface area contributed by atoms with Crippen molar-refractivity contribution in [1.82, 2.24) is 9.88 Å². The van der Waals surface area contributed by atoms with Crippen molar-refractivity contribution < 1.29 is 23.8 Å². The molecule has 3 aromatic rings. The highest BCUT2D eigenvalue weighted by Crippen LogP contribution is 2.35. The highest BCUT2D eigenvalue weighted by atomic mass is 32.1. The van der Waals surface area contributed by atoms with Crippen LogP contribution in [0.2, 0.25) is 0 Å². The van der Waals surface area contributed by atoms with Crippen molar-refractivity contribution in [3.8, 4) is 28.5 Å². The van der Waals surface area contributed by atoms with E-state index < -0.39 is 0 Å².